The molecule has 2 heterocycles. The van der Waals surface area contributed by atoms with Crippen molar-refractivity contribution in [3.8, 4) is 29.1 Å². The molecule has 2 aromatic carbocycles. The molecule has 8 nitrogen and oxygen atoms in total. The molecule has 0 radical (unpaired) electrons. The Labute approximate surface area is 210 Å². The van der Waals surface area contributed by atoms with Crippen molar-refractivity contribution in [1.29, 1.82) is 5.26 Å². The molecule has 0 unspecified atom stereocenters. The van der Waals surface area contributed by atoms with Crippen LogP contribution in [-0.2, 0) is 10.0 Å². The van der Waals surface area contributed by atoms with Gasteiger partial charge in [0.25, 0.3) is 0 Å². The Hall–Kier alpha value is -3.90. The Morgan fingerprint density at radius 3 is 2.47 bits per heavy atom. The molecule has 0 spiro atoms. The summed E-state index contributed by atoms with van der Waals surface area (Å²) >= 11 is 0. The van der Waals surface area contributed by atoms with Crippen LogP contribution in [0.15, 0.2) is 60.9 Å². The molecular weight excluding hydrogens is 474 g/mol. The summed E-state index contributed by atoms with van der Waals surface area (Å²) in [6.45, 7) is 3.74. The predicted octanol–water partition coefficient (Wildman–Crippen LogP) is 5.88. The van der Waals surface area contributed by atoms with Crippen LogP contribution in [0, 0.1) is 17.2 Å². The first-order valence-corrected chi connectivity index (χ1v) is 13.6. The lowest BCUT2D eigenvalue weighted by Gasteiger charge is -2.30. The third kappa shape index (κ3) is 4.77. The fourth-order valence-corrected chi connectivity index (χ4v) is 6.03. The van der Waals surface area contributed by atoms with Gasteiger partial charge in [0.05, 0.1) is 22.5 Å². The second-order valence-corrected chi connectivity index (χ2v) is 11.2. The van der Waals surface area contributed by atoms with E-state index in [4.69, 9.17) is 4.74 Å². The zero-order valence-corrected chi connectivity index (χ0v) is 21.0. The maximum absolute atomic E-state index is 12.4. The zero-order valence-electron chi connectivity index (χ0n) is 20.2. The van der Waals surface area contributed by atoms with E-state index in [1.807, 2.05) is 44.2 Å². The smallest absolute Gasteiger partial charge is 0.321 e. The summed E-state index contributed by atoms with van der Waals surface area (Å²) in [4.78, 5) is 8.27. The van der Waals surface area contributed by atoms with E-state index in [0.29, 0.717) is 17.0 Å². The van der Waals surface area contributed by atoms with E-state index in [1.54, 1.807) is 30.6 Å². The van der Waals surface area contributed by atoms with Gasteiger partial charge in [-0.3, -0.25) is 4.72 Å². The first kappa shape index (κ1) is 23.8. The second kappa shape index (κ2) is 9.63. The van der Waals surface area contributed by atoms with E-state index in [2.05, 4.69) is 25.3 Å². The molecule has 5 rings (SSSR count). The van der Waals surface area contributed by atoms with Crippen molar-refractivity contribution >= 4 is 26.6 Å². The third-order valence-electron chi connectivity index (χ3n) is 6.26. The van der Waals surface area contributed by atoms with Gasteiger partial charge in [-0.05, 0) is 61.1 Å². The lowest BCUT2D eigenvalue weighted by molar-refractivity contribution is 0.324. The van der Waals surface area contributed by atoms with Crippen LogP contribution in [0.1, 0.15) is 44.7 Å². The Bertz CT molecular complexity index is 1530. The zero-order chi connectivity index (χ0) is 25.3. The SMILES string of the molecule is CC(C)CS(=O)(=O)Nc1ccc(-c2c(C#N)c3ccc(Oc4ncccn4)cc3n2C2CCC2)cc1. The normalized spacial score (nSPS) is 13.9. The van der Waals surface area contributed by atoms with E-state index in [9.17, 15) is 13.7 Å². The molecule has 1 N–H and O–H groups in total. The van der Waals surface area contributed by atoms with Crippen LogP contribution < -0.4 is 9.46 Å². The fraction of sp³-hybridized carbons (Fsp3) is 0.296. The van der Waals surface area contributed by atoms with E-state index >= 15 is 0 Å². The maximum atomic E-state index is 12.4. The van der Waals surface area contributed by atoms with Gasteiger partial charge >= 0.3 is 6.01 Å². The molecule has 0 amide bonds. The van der Waals surface area contributed by atoms with E-state index in [-0.39, 0.29) is 23.7 Å². The van der Waals surface area contributed by atoms with Crippen molar-refractivity contribution in [2.75, 3.05) is 10.5 Å². The van der Waals surface area contributed by atoms with Crippen LogP contribution in [0.2, 0.25) is 0 Å². The number of nitrogens with one attached hydrogen (secondary N) is 1. The highest BCUT2D eigenvalue weighted by atomic mass is 32.2. The molecule has 2 aromatic heterocycles. The molecule has 1 aliphatic rings. The topological polar surface area (TPSA) is 110 Å². The highest BCUT2D eigenvalue weighted by Crippen LogP contribution is 2.43. The molecule has 1 saturated carbocycles. The number of anilines is 1. The van der Waals surface area contributed by atoms with Crippen LogP contribution in [0.3, 0.4) is 0 Å². The Morgan fingerprint density at radius 1 is 1.14 bits per heavy atom. The van der Waals surface area contributed by atoms with Crippen LogP contribution in [-0.4, -0.2) is 28.7 Å². The third-order valence-corrected chi connectivity index (χ3v) is 7.92. The summed E-state index contributed by atoms with van der Waals surface area (Å²) < 4.78 is 35.5. The van der Waals surface area contributed by atoms with Gasteiger partial charge in [-0.15, -0.1) is 0 Å². The number of hydrogen-bond acceptors (Lipinski definition) is 6. The minimum atomic E-state index is -3.42. The number of rotatable bonds is 8. The van der Waals surface area contributed by atoms with Crippen molar-refractivity contribution in [1.82, 2.24) is 14.5 Å². The van der Waals surface area contributed by atoms with Crippen molar-refractivity contribution in [2.45, 2.75) is 39.2 Å². The molecule has 0 atom stereocenters. The van der Waals surface area contributed by atoms with Gasteiger partial charge < -0.3 is 9.30 Å². The number of nitrogens with zero attached hydrogens (tertiary/aromatic N) is 4. The summed E-state index contributed by atoms with van der Waals surface area (Å²) in [5.74, 6) is 0.681. The first-order valence-electron chi connectivity index (χ1n) is 12.0. The highest BCUT2D eigenvalue weighted by Gasteiger charge is 2.28. The van der Waals surface area contributed by atoms with Crippen molar-refractivity contribution < 1.29 is 13.2 Å². The van der Waals surface area contributed by atoms with Crippen LogP contribution in [0.25, 0.3) is 22.2 Å². The van der Waals surface area contributed by atoms with Gasteiger partial charge in [-0.1, -0.05) is 26.0 Å². The molecule has 0 saturated heterocycles. The summed E-state index contributed by atoms with van der Waals surface area (Å²) in [6, 6.07) is 17.6. The van der Waals surface area contributed by atoms with Crippen molar-refractivity contribution in [3.05, 3.63) is 66.5 Å². The summed E-state index contributed by atoms with van der Waals surface area (Å²) in [5.41, 5.74) is 3.70. The van der Waals surface area contributed by atoms with E-state index in [0.717, 1.165) is 41.4 Å². The molecule has 1 fully saturated rings. The number of ether oxygens (including phenoxy) is 1. The van der Waals surface area contributed by atoms with Gasteiger partial charge in [0, 0.05) is 35.6 Å². The standard InChI is InChI=1S/C27H27N5O3S/c1-18(2)17-36(33,34)31-20-9-7-19(8-10-20)26-24(16-28)23-12-11-22(35-27-29-13-4-14-30-27)15-25(23)32(26)21-5-3-6-21/h4,7-15,18,21,31H,3,5-6,17H2,1-2H3. The summed E-state index contributed by atoms with van der Waals surface area (Å²) in [6.07, 6.45) is 6.44. The monoisotopic (exact) mass is 501 g/mol. The Morgan fingerprint density at radius 2 is 1.86 bits per heavy atom. The average molecular weight is 502 g/mol. The van der Waals surface area contributed by atoms with Gasteiger partial charge in [0.15, 0.2) is 0 Å². The largest absolute Gasteiger partial charge is 0.424 e. The molecule has 9 heteroatoms. The lowest BCUT2D eigenvalue weighted by atomic mass is 9.92. The van der Waals surface area contributed by atoms with E-state index in [1.165, 1.54) is 0 Å². The minimum Gasteiger partial charge on any atom is -0.424 e. The van der Waals surface area contributed by atoms with Crippen LogP contribution in [0.4, 0.5) is 5.69 Å². The summed E-state index contributed by atoms with van der Waals surface area (Å²) in [5, 5.41) is 11.0. The van der Waals surface area contributed by atoms with Gasteiger partial charge in [-0.25, -0.2) is 18.4 Å². The van der Waals surface area contributed by atoms with Crippen LogP contribution >= 0.6 is 0 Å². The molecule has 4 aromatic rings. The number of benzene rings is 2. The van der Waals surface area contributed by atoms with Crippen molar-refractivity contribution in [2.24, 2.45) is 5.92 Å². The van der Waals surface area contributed by atoms with Gasteiger partial charge in [0.2, 0.25) is 10.0 Å². The number of aromatic nitrogens is 3. The lowest BCUT2D eigenvalue weighted by Crippen LogP contribution is -2.20. The molecule has 36 heavy (non-hydrogen) atoms. The Kier molecular flexibility index (Phi) is 6.37. The highest BCUT2D eigenvalue weighted by molar-refractivity contribution is 7.92. The fourth-order valence-electron chi connectivity index (χ4n) is 4.57. The first-order chi connectivity index (χ1) is 17.3. The average Bonchev–Trinajstić information content (AvgIpc) is 3.11. The number of fused-ring (bicyclic) bond motifs is 1. The quantitative estimate of drug-likeness (QED) is 0.323. The number of sulfonamides is 1. The molecule has 1 aliphatic carbocycles. The Balaban J connectivity index is 1.56. The number of nitriles is 1. The van der Waals surface area contributed by atoms with E-state index < -0.39 is 10.0 Å². The maximum Gasteiger partial charge on any atom is 0.321 e. The molecule has 184 valence electrons. The summed E-state index contributed by atoms with van der Waals surface area (Å²) in [7, 11) is -3.42. The predicted molar refractivity (Wildman–Crippen MR) is 139 cm³/mol. The second-order valence-electron chi connectivity index (χ2n) is 9.46. The minimum absolute atomic E-state index is 0.0282. The molecule has 0 aliphatic heterocycles. The molecule has 0 bridgehead atoms. The van der Waals surface area contributed by atoms with Gasteiger partial charge in [-0.2, -0.15) is 5.26 Å². The van der Waals surface area contributed by atoms with Crippen molar-refractivity contribution in [3.63, 3.8) is 0 Å². The number of hydrogen-bond donors (Lipinski definition) is 1. The van der Waals surface area contributed by atoms with Crippen LogP contribution in [0.5, 0.6) is 11.8 Å². The van der Waals surface area contributed by atoms with Gasteiger partial charge in [0.1, 0.15) is 11.8 Å². The molecular formula is C27H27N5O3S.